The SMILES string of the molecule is Cc1nn(C)c(C)c1CCNC1CCCC1. The highest BCUT2D eigenvalue weighted by Gasteiger charge is 2.14. The van der Waals surface area contributed by atoms with E-state index in [1.165, 1.54) is 42.6 Å². The van der Waals surface area contributed by atoms with Crippen LogP contribution in [0.4, 0.5) is 0 Å². The average Bonchev–Trinajstić information content (AvgIpc) is 2.82. The zero-order valence-corrected chi connectivity index (χ0v) is 10.7. The molecule has 3 heteroatoms. The first-order chi connectivity index (χ1) is 7.68. The number of nitrogens with one attached hydrogen (secondary N) is 1. The van der Waals surface area contributed by atoms with Gasteiger partial charge in [-0.25, -0.2) is 0 Å². The molecule has 1 fully saturated rings. The Balaban J connectivity index is 1.84. The molecule has 0 aromatic carbocycles. The number of hydrogen-bond acceptors (Lipinski definition) is 2. The first-order valence-corrected chi connectivity index (χ1v) is 6.41. The van der Waals surface area contributed by atoms with Crippen molar-refractivity contribution in [3.05, 3.63) is 17.0 Å². The van der Waals surface area contributed by atoms with Gasteiger partial charge in [0.15, 0.2) is 0 Å². The van der Waals surface area contributed by atoms with Crippen LogP contribution in [0.1, 0.15) is 42.6 Å². The van der Waals surface area contributed by atoms with Gasteiger partial charge in [-0.2, -0.15) is 5.10 Å². The van der Waals surface area contributed by atoms with Crippen LogP contribution in [0, 0.1) is 13.8 Å². The monoisotopic (exact) mass is 221 g/mol. The summed E-state index contributed by atoms with van der Waals surface area (Å²) >= 11 is 0. The van der Waals surface area contributed by atoms with E-state index >= 15 is 0 Å². The van der Waals surface area contributed by atoms with Crippen LogP contribution in [0.5, 0.6) is 0 Å². The largest absolute Gasteiger partial charge is 0.314 e. The molecule has 0 spiro atoms. The van der Waals surface area contributed by atoms with Gasteiger partial charge in [0, 0.05) is 18.8 Å². The summed E-state index contributed by atoms with van der Waals surface area (Å²) in [6, 6.07) is 0.775. The third-order valence-corrected chi connectivity index (χ3v) is 3.82. The van der Waals surface area contributed by atoms with Gasteiger partial charge in [0.2, 0.25) is 0 Å². The lowest BCUT2D eigenvalue weighted by Gasteiger charge is -2.11. The number of hydrogen-bond donors (Lipinski definition) is 1. The van der Waals surface area contributed by atoms with Crippen molar-refractivity contribution in [3.63, 3.8) is 0 Å². The highest BCUT2D eigenvalue weighted by molar-refractivity contribution is 5.24. The van der Waals surface area contributed by atoms with E-state index in [0.717, 1.165) is 19.0 Å². The molecule has 3 nitrogen and oxygen atoms in total. The van der Waals surface area contributed by atoms with Crippen LogP contribution < -0.4 is 5.32 Å². The maximum absolute atomic E-state index is 4.45. The highest BCUT2D eigenvalue weighted by Crippen LogP contribution is 2.18. The molecule has 1 heterocycles. The van der Waals surface area contributed by atoms with Gasteiger partial charge < -0.3 is 5.32 Å². The zero-order valence-electron chi connectivity index (χ0n) is 10.7. The van der Waals surface area contributed by atoms with Crippen LogP contribution >= 0.6 is 0 Å². The molecule has 16 heavy (non-hydrogen) atoms. The molecule has 1 aromatic heterocycles. The van der Waals surface area contributed by atoms with Gasteiger partial charge in [0.1, 0.15) is 0 Å². The van der Waals surface area contributed by atoms with Crippen LogP contribution in [-0.2, 0) is 13.5 Å². The Labute approximate surface area is 98.2 Å². The minimum atomic E-state index is 0.775. The Morgan fingerprint density at radius 2 is 2.00 bits per heavy atom. The van der Waals surface area contributed by atoms with Crippen LogP contribution in [0.25, 0.3) is 0 Å². The smallest absolute Gasteiger partial charge is 0.0628 e. The number of aromatic nitrogens is 2. The Morgan fingerprint density at radius 3 is 2.56 bits per heavy atom. The first-order valence-electron chi connectivity index (χ1n) is 6.41. The van der Waals surface area contributed by atoms with Crippen molar-refractivity contribution in [3.8, 4) is 0 Å². The Bertz CT molecular complexity index is 348. The maximum atomic E-state index is 4.45. The summed E-state index contributed by atoms with van der Waals surface area (Å²) in [6.07, 6.45) is 6.66. The molecule has 1 N–H and O–H groups in total. The summed E-state index contributed by atoms with van der Waals surface area (Å²) in [5, 5.41) is 8.11. The van der Waals surface area contributed by atoms with Crippen LogP contribution in [-0.4, -0.2) is 22.4 Å². The van der Waals surface area contributed by atoms with Crippen molar-refractivity contribution in [1.82, 2.24) is 15.1 Å². The van der Waals surface area contributed by atoms with E-state index < -0.39 is 0 Å². The minimum Gasteiger partial charge on any atom is -0.314 e. The summed E-state index contributed by atoms with van der Waals surface area (Å²) in [4.78, 5) is 0. The fraction of sp³-hybridized carbons (Fsp3) is 0.769. The molecular weight excluding hydrogens is 198 g/mol. The highest BCUT2D eigenvalue weighted by atomic mass is 15.3. The number of aryl methyl sites for hydroxylation is 2. The lowest BCUT2D eigenvalue weighted by atomic mass is 10.1. The van der Waals surface area contributed by atoms with Gasteiger partial charge in [-0.05, 0) is 45.2 Å². The van der Waals surface area contributed by atoms with Gasteiger partial charge >= 0.3 is 0 Å². The summed E-state index contributed by atoms with van der Waals surface area (Å²) in [7, 11) is 2.02. The fourth-order valence-electron chi connectivity index (χ4n) is 2.71. The second-order valence-electron chi connectivity index (χ2n) is 4.96. The van der Waals surface area contributed by atoms with Crippen molar-refractivity contribution in [2.24, 2.45) is 7.05 Å². The predicted molar refractivity (Wildman–Crippen MR) is 66.6 cm³/mol. The van der Waals surface area contributed by atoms with Gasteiger partial charge in [0.25, 0.3) is 0 Å². The molecule has 0 atom stereocenters. The molecule has 90 valence electrons. The second kappa shape index (κ2) is 5.00. The second-order valence-corrected chi connectivity index (χ2v) is 4.96. The predicted octanol–water partition coefficient (Wildman–Crippen LogP) is 2.11. The molecule has 0 saturated heterocycles. The third kappa shape index (κ3) is 2.46. The first kappa shape index (κ1) is 11.6. The lowest BCUT2D eigenvalue weighted by Crippen LogP contribution is -2.28. The minimum absolute atomic E-state index is 0.775. The molecule has 0 bridgehead atoms. The molecule has 1 saturated carbocycles. The van der Waals surface area contributed by atoms with Crippen molar-refractivity contribution in [2.75, 3.05) is 6.54 Å². The lowest BCUT2D eigenvalue weighted by molar-refractivity contribution is 0.527. The number of nitrogens with zero attached hydrogens (tertiary/aromatic N) is 2. The van der Waals surface area contributed by atoms with Gasteiger partial charge in [-0.3, -0.25) is 4.68 Å². The fourth-order valence-corrected chi connectivity index (χ4v) is 2.71. The molecule has 0 aliphatic heterocycles. The number of rotatable bonds is 4. The molecule has 0 amide bonds. The van der Waals surface area contributed by atoms with Crippen LogP contribution in [0.2, 0.25) is 0 Å². The molecule has 1 aliphatic carbocycles. The molecule has 1 aliphatic rings. The van der Waals surface area contributed by atoms with Crippen molar-refractivity contribution >= 4 is 0 Å². The van der Waals surface area contributed by atoms with E-state index in [-0.39, 0.29) is 0 Å². The Morgan fingerprint density at radius 1 is 1.31 bits per heavy atom. The Kier molecular flexibility index (Phi) is 3.64. The van der Waals surface area contributed by atoms with Crippen molar-refractivity contribution < 1.29 is 0 Å². The molecule has 0 radical (unpaired) electrons. The van der Waals surface area contributed by atoms with E-state index in [2.05, 4.69) is 24.3 Å². The summed E-state index contributed by atoms with van der Waals surface area (Å²) in [6.45, 7) is 5.36. The molecule has 2 rings (SSSR count). The summed E-state index contributed by atoms with van der Waals surface area (Å²) in [5.74, 6) is 0. The molecule has 1 aromatic rings. The van der Waals surface area contributed by atoms with Gasteiger partial charge in [-0.15, -0.1) is 0 Å². The zero-order chi connectivity index (χ0) is 11.5. The summed E-state index contributed by atoms with van der Waals surface area (Å²) < 4.78 is 1.99. The maximum Gasteiger partial charge on any atom is 0.0628 e. The standard InChI is InChI=1S/C13H23N3/c1-10-13(11(2)16(3)15-10)8-9-14-12-6-4-5-7-12/h12,14H,4-9H2,1-3H3. The molecular formula is C13H23N3. The average molecular weight is 221 g/mol. The van der Waals surface area contributed by atoms with Crippen LogP contribution in [0.3, 0.4) is 0 Å². The van der Waals surface area contributed by atoms with Crippen LogP contribution in [0.15, 0.2) is 0 Å². The summed E-state index contributed by atoms with van der Waals surface area (Å²) in [5.41, 5.74) is 3.92. The topological polar surface area (TPSA) is 29.9 Å². The van der Waals surface area contributed by atoms with E-state index in [0.29, 0.717) is 0 Å². The quantitative estimate of drug-likeness (QED) is 0.844. The van der Waals surface area contributed by atoms with E-state index in [1.807, 2.05) is 11.7 Å². The Hall–Kier alpha value is -0.830. The van der Waals surface area contributed by atoms with Crippen molar-refractivity contribution in [2.45, 2.75) is 52.0 Å². The van der Waals surface area contributed by atoms with E-state index in [4.69, 9.17) is 0 Å². The van der Waals surface area contributed by atoms with E-state index in [9.17, 15) is 0 Å². The van der Waals surface area contributed by atoms with Crippen molar-refractivity contribution in [1.29, 1.82) is 0 Å². The third-order valence-electron chi connectivity index (χ3n) is 3.82. The molecule has 0 unspecified atom stereocenters. The van der Waals surface area contributed by atoms with Gasteiger partial charge in [0.05, 0.1) is 5.69 Å². The van der Waals surface area contributed by atoms with Gasteiger partial charge in [-0.1, -0.05) is 12.8 Å². The normalized spacial score (nSPS) is 17.2. The van der Waals surface area contributed by atoms with E-state index in [1.54, 1.807) is 0 Å².